The van der Waals surface area contributed by atoms with Crippen molar-refractivity contribution in [2.75, 3.05) is 13.1 Å². The summed E-state index contributed by atoms with van der Waals surface area (Å²) in [6, 6.07) is 6.43. The molecule has 0 bridgehead atoms. The van der Waals surface area contributed by atoms with Crippen molar-refractivity contribution in [3.63, 3.8) is 0 Å². The average Bonchev–Trinajstić information content (AvgIpc) is 3.12. The lowest BCUT2D eigenvalue weighted by atomic mass is 9.85. The van der Waals surface area contributed by atoms with Crippen molar-refractivity contribution in [1.82, 2.24) is 19.8 Å². The van der Waals surface area contributed by atoms with Gasteiger partial charge >= 0.3 is 6.03 Å². The molecule has 2 aliphatic rings. The van der Waals surface area contributed by atoms with Gasteiger partial charge in [0, 0.05) is 50.1 Å². The van der Waals surface area contributed by atoms with Crippen molar-refractivity contribution < 1.29 is 9.18 Å². The predicted octanol–water partition coefficient (Wildman–Crippen LogP) is 3.91. The third kappa shape index (κ3) is 4.15. The second-order valence-corrected chi connectivity index (χ2v) is 7.77. The molecule has 0 unspecified atom stereocenters. The number of rotatable bonds is 5. The topological polar surface area (TPSA) is 50.2 Å². The minimum atomic E-state index is -0.285. The summed E-state index contributed by atoms with van der Waals surface area (Å²) in [5.74, 6) is 1.87. The molecule has 0 radical (unpaired) electrons. The zero-order valence-corrected chi connectivity index (χ0v) is 15.6. The van der Waals surface area contributed by atoms with Gasteiger partial charge in [0.1, 0.15) is 11.6 Å². The van der Waals surface area contributed by atoms with Crippen LogP contribution in [0.25, 0.3) is 0 Å². The Hall–Kier alpha value is -2.37. The quantitative estimate of drug-likeness (QED) is 0.867. The largest absolute Gasteiger partial charge is 0.334 e. The number of nitrogens with zero attached hydrogens (tertiary/aromatic N) is 3. The number of likely N-dealkylation sites (tertiary alicyclic amines) is 1. The number of amides is 2. The summed E-state index contributed by atoms with van der Waals surface area (Å²) in [7, 11) is 0. The summed E-state index contributed by atoms with van der Waals surface area (Å²) in [4.78, 5) is 19.0. The Kier molecular flexibility index (Phi) is 5.41. The first-order chi connectivity index (χ1) is 13.2. The zero-order chi connectivity index (χ0) is 18.6. The van der Waals surface area contributed by atoms with E-state index < -0.39 is 0 Å². The van der Waals surface area contributed by atoms with E-state index in [4.69, 9.17) is 0 Å². The predicted molar refractivity (Wildman–Crippen MR) is 102 cm³/mol. The molecule has 1 atom stereocenters. The van der Waals surface area contributed by atoms with Crippen LogP contribution < -0.4 is 5.32 Å². The van der Waals surface area contributed by atoms with Crippen LogP contribution in [-0.2, 0) is 13.1 Å². The van der Waals surface area contributed by atoms with Crippen molar-refractivity contribution in [2.24, 2.45) is 5.92 Å². The molecule has 6 heteroatoms. The van der Waals surface area contributed by atoms with E-state index in [0.717, 1.165) is 37.7 Å². The van der Waals surface area contributed by atoms with Crippen LogP contribution in [0.3, 0.4) is 0 Å². The van der Waals surface area contributed by atoms with Crippen LogP contribution in [-0.4, -0.2) is 33.6 Å². The minimum absolute atomic E-state index is 0.125. The van der Waals surface area contributed by atoms with E-state index in [-0.39, 0.29) is 24.3 Å². The van der Waals surface area contributed by atoms with Crippen LogP contribution in [0.1, 0.15) is 49.4 Å². The van der Waals surface area contributed by atoms with Gasteiger partial charge in [-0.05, 0) is 37.7 Å². The Morgan fingerprint density at radius 2 is 2.07 bits per heavy atom. The first kappa shape index (κ1) is 18.0. The van der Waals surface area contributed by atoms with Gasteiger partial charge in [-0.25, -0.2) is 14.2 Å². The number of piperidine rings is 1. The average molecular weight is 370 g/mol. The number of hydrogen-bond donors (Lipinski definition) is 1. The normalized spacial score (nSPS) is 20.3. The second-order valence-electron chi connectivity index (χ2n) is 7.77. The molecule has 2 heterocycles. The molecule has 1 aromatic carbocycles. The molecule has 2 fully saturated rings. The van der Waals surface area contributed by atoms with Crippen LogP contribution in [0.15, 0.2) is 36.7 Å². The van der Waals surface area contributed by atoms with E-state index in [1.54, 1.807) is 18.2 Å². The van der Waals surface area contributed by atoms with Gasteiger partial charge in [0.05, 0.1) is 0 Å². The van der Waals surface area contributed by atoms with Crippen LogP contribution >= 0.6 is 0 Å². The number of carbonyl (C=O) groups excluding carboxylic acids is 1. The first-order valence-electron chi connectivity index (χ1n) is 9.98. The molecule has 1 N–H and O–H groups in total. The van der Waals surface area contributed by atoms with Crippen LogP contribution in [0, 0.1) is 11.7 Å². The Morgan fingerprint density at radius 3 is 2.85 bits per heavy atom. The smallest absolute Gasteiger partial charge is 0.317 e. The van der Waals surface area contributed by atoms with Crippen molar-refractivity contribution in [2.45, 2.75) is 51.1 Å². The lowest BCUT2D eigenvalue weighted by Crippen LogP contribution is -2.45. The molecule has 1 saturated heterocycles. The maximum atomic E-state index is 13.7. The minimum Gasteiger partial charge on any atom is -0.334 e. The Bertz CT molecular complexity index is 786. The molecule has 0 spiro atoms. The highest BCUT2D eigenvalue weighted by atomic mass is 19.1. The molecule has 4 rings (SSSR count). The van der Waals surface area contributed by atoms with E-state index >= 15 is 0 Å². The monoisotopic (exact) mass is 370 g/mol. The van der Waals surface area contributed by atoms with Gasteiger partial charge in [-0.3, -0.25) is 0 Å². The number of imidazole rings is 1. The van der Waals surface area contributed by atoms with E-state index in [0.29, 0.717) is 12.1 Å². The molecule has 1 aromatic heterocycles. The van der Waals surface area contributed by atoms with Gasteiger partial charge in [-0.2, -0.15) is 0 Å². The fourth-order valence-electron chi connectivity index (χ4n) is 4.09. The van der Waals surface area contributed by atoms with Crippen molar-refractivity contribution in [3.8, 4) is 0 Å². The second kappa shape index (κ2) is 8.11. The molecule has 1 aliphatic carbocycles. The Morgan fingerprint density at radius 1 is 1.22 bits per heavy atom. The molecule has 5 nitrogen and oxygen atoms in total. The van der Waals surface area contributed by atoms with E-state index in [2.05, 4.69) is 21.1 Å². The van der Waals surface area contributed by atoms with Gasteiger partial charge in [-0.15, -0.1) is 0 Å². The van der Waals surface area contributed by atoms with Gasteiger partial charge in [-0.1, -0.05) is 24.6 Å². The number of nitrogens with one attached hydrogen (secondary N) is 1. The molecule has 144 valence electrons. The van der Waals surface area contributed by atoms with E-state index in [1.807, 2.05) is 11.1 Å². The van der Waals surface area contributed by atoms with Crippen molar-refractivity contribution in [1.29, 1.82) is 0 Å². The Balaban J connectivity index is 1.36. The van der Waals surface area contributed by atoms with Crippen molar-refractivity contribution in [3.05, 3.63) is 53.9 Å². The zero-order valence-electron chi connectivity index (χ0n) is 15.6. The number of carbonyl (C=O) groups is 1. The number of halogens is 1. The lowest BCUT2D eigenvalue weighted by Gasteiger charge is -2.33. The molecule has 1 saturated carbocycles. The third-order valence-electron chi connectivity index (χ3n) is 5.89. The fourth-order valence-corrected chi connectivity index (χ4v) is 4.09. The summed E-state index contributed by atoms with van der Waals surface area (Å²) in [6.07, 6.45) is 9.94. The summed E-state index contributed by atoms with van der Waals surface area (Å²) in [6.45, 7) is 2.67. The van der Waals surface area contributed by atoms with Crippen LogP contribution in [0.2, 0.25) is 0 Å². The van der Waals surface area contributed by atoms with Gasteiger partial charge in [0.25, 0.3) is 0 Å². The van der Waals surface area contributed by atoms with Gasteiger partial charge in [0.15, 0.2) is 0 Å². The highest BCUT2D eigenvalue weighted by Gasteiger charge is 2.28. The lowest BCUT2D eigenvalue weighted by molar-refractivity contribution is 0.176. The van der Waals surface area contributed by atoms with Gasteiger partial charge in [0.2, 0.25) is 0 Å². The van der Waals surface area contributed by atoms with Crippen LogP contribution in [0.5, 0.6) is 0 Å². The molecular weight excluding hydrogens is 343 g/mol. The Labute approximate surface area is 159 Å². The van der Waals surface area contributed by atoms with E-state index in [1.165, 1.54) is 25.3 Å². The summed E-state index contributed by atoms with van der Waals surface area (Å²) in [5.41, 5.74) is 0.510. The summed E-state index contributed by atoms with van der Waals surface area (Å²) in [5, 5.41) is 2.86. The number of hydrogen-bond acceptors (Lipinski definition) is 2. The maximum Gasteiger partial charge on any atom is 0.317 e. The van der Waals surface area contributed by atoms with Crippen molar-refractivity contribution >= 4 is 6.03 Å². The molecule has 2 amide bonds. The number of benzene rings is 1. The van der Waals surface area contributed by atoms with Gasteiger partial charge < -0.3 is 14.8 Å². The van der Waals surface area contributed by atoms with E-state index in [9.17, 15) is 9.18 Å². The molecule has 2 aromatic rings. The summed E-state index contributed by atoms with van der Waals surface area (Å²) < 4.78 is 16.0. The maximum absolute atomic E-state index is 13.7. The number of urea groups is 1. The molecule has 1 aliphatic heterocycles. The standard InChI is InChI=1S/C21H27FN4O/c22-19-9-2-1-7-17(19)13-24-21(27)26-11-4-8-18(15-26)20-23-10-12-25(20)14-16-5-3-6-16/h1-2,7,9-10,12,16,18H,3-6,8,11,13-15H2,(H,24,27)/t18-/m0/s1. The third-order valence-corrected chi connectivity index (χ3v) is 5.89. The highest BCUT2D eigenvalue weighted by Crippen LogP contribution is 2.31. The molecule has 27 heavy (non-hydrogen) atoms. The number of aromatic nitrogens is 2. The first-order valence-corrected chi connectivity index (χ1v) is 9.98. The fraction of sp³-hybridized carbons (Fsp3) is 0.524. The SMILES string of the molecule is O=C(NCc1ccccc1F)N1CCC[C@H](c2nccn2CC2CCC2)C1. The summed E-state index contributed by atoms with van der Waals surface area (Å²) >= 11 is 0. The van der Waals surface area contributed by atoms with Crippen LogP contribution in [0.4, 0.5) is 9.18 Å². The molecular formula is C21H27FN4O. The highest BCUT2D eigenvalue weighted by molar-refractivity contribution is 5.74.